The molecule has 0 saturated heterocycles. The van der Waals surface area contributed by atoms with Crippen LogP contribution in [0.5, 0.6) is 0 Å². The molecule has 22 heavy (non-hydrogen) atoms. The molecule has 1 aliphatic rings. The van der Waals surface area contributed by atoms with Gasteiger partial charge in [-0.15, -0.1) is 0 Å². The molecule has 1 aromatic carbocycles. The first kappa shape index (κ1) is 14.7. The Balaban J connectivity index is 1.64. The van der Waals surface area contributed by atoms with Gasteiger partial charge in [-0.1, -0.05) is 6.07 Å². The quantitative estimate of drug-likeness (QED) is 0.943. The molecule has 1 aliphatic carbocycles. The van der Waals surface area contributed by atoms with Gasteiger partial charge in [-0.2, -0.15) is 0 Å². The van der Waals surface area contributed by atoms with Gasteiger partial charge in [-0.3, -0.25) is 14.8 Å². The molecule has 0 fully saturated rings. The second kappa shape index (κ2) is 6.69. The summed E-state index contributed by atoms with van der Waals surface area (Å²) in [6, 6.07) is 6.13. The molecule has 1 unspecified atom stereocenters. The molecule has 0 saturated carbocycles. The van der Waals surface area contributed by atoms with Crippen molar-refractivity contribution in [1.29, 1.82) is 0 Å². The number of nitrogens with one attached hydrogen (secondary N) is 1. The second-order valence-corrected chi connectivity index (χ2v) is 5.97. The molecular formula is C18H21N3O. The Bertz CT molecular complexity index is 655. The minimum atomic E-state index is -0.00948. The maximum Gasteiger partial charge on any atom is 0.251 e. The van der Waals surface area contributed by atoms with Gasteiger partial charge in [0.25, 0.3) is 5.91 Å². The molecule has 1 amide bonds. The number of benzene rings is 1. The van der Waals surface area contributed by atoms with E-state index in [1.807, 2.05) is 13.0 Å². The van der Waals surface area contributed by atoms with Crippen LogP contribution in [0.15, 0.2) is 36.8 Å². The van der Waals surface area contributed by atoms with Crippen molar-refractivity contribution in [3.8, 4) is 0 Å². The molecule has 0 bridgehead atoms. The fraction of sp³-hybridized carbons (Fsp3) is 0.389. The number of amides is 1. The van der Waals surface area contributed by atoms with Gasteiger partial charge < -0.3 is 5.32 Å². The van der Waals surface area contributed by atoms with E-state index in [1.165, 1.54) is 24.0 Å². The molecular weight excluding hydrogens is 274 g/mol. The largest absolute Gasteiger partial charge is 0.349 e. The number of hydrogen-bond donors (Lipinski definition) is 1. The van der Waals surface area contributed by atoms with E-state index in [4.69, 9.17) is 0 Å². The first-order chi connectivity index (χ1) is 10.7. The van der Waals surface area contributed by atoms with Crippen LogP contribution in [-0.4, -0.2) is 21.9 Å². The summed E-state index contributed by atoms with van der Waals surface area (Å²) in [6.07, 6.45) is 10.5. The van der Waals surface area contributed by atoms with Crippen LogP contribution in [-0.2, 0) is 19.3 Å². The average Bonchev–Trinajstić information content (AvgIpc) is 2.55. The summed E-state index contributed by atoms with van der Waals surface area (Å²) in [7, 11) is 0. The molecule has 1 heterocycles. The zero-order valence-electron chi connectivity index (χ0n) is 12.9. The highest BCUT2D eigenvalue weighted by atomic mass is 16.1. The molecule has 4 heteroatoms. The van der Waals surface area contributed by atoms with Crippen molar-refractivity contribution in [2.75, 3.05) is 0 Å². The van der Waals surface area contributed by atoms with Gasteiger partial charge in [0.15, 0.2) is 0 Å². The number of aromatic nitrogens is 2. The Kier molecular flexibility index (Phi) is 4.47. The van der Waals surface area contributed by atoms with E-state index in [1.54, 1.807) is 18.6 Å². The minimum Gasteiger partial charge on any atom is -0.349 e. The van der Waals surface area contributed by atoms with Crippen molar-refractivity contribution in [1.82, 2.24) is 15.3 Å². The lowest BCUT2D eigenvalue weighted by atomic mass is 9.90. The van der Waals surface area contributed by atoms with E-state index in [0.29, 0.717) is 6.42 Å². The van der Waals surface area contributed by atoms with E-state index < -0.39 is 0 Å². The summed E-state index contributed by atoms with van der Waals surface area (Å²) < 4.78 is 0. The van der Waals surface area contributed by atoms with Crippen molar-refractivity contribution >= 4 is 5.91 Å². The van der Waals surface area contributed by atoms with Gasteiger partial charge in [0.2, 0.25) is 0 Å². The van der Waals surface area contributed by atoms with E-state index >= 15 is 0 Å². The molecule has 0 radical (unpaired) electrons. The summed E-state index contributed by atoms with van der Waals surface area (Å²) in [4.78, 5) is 20.7. The van der Waals surface area contributed by atoms with Gasteiger partial charge in [0, 0.05) is 36.6 Å². The zero-order chi connectivity index (χ0) is 15.4. The van der Waals surface area contributed by atoms with E-state index in [-0.39, 0.29) is 11.9 Å². The number of rotatable bonds is 4. The number of carbonyl (C=O) groups is 1. The van der Waals surface area contributed by atoms with Crippen molar-refractivity contribution in [3.05, 3.63) is 59.2 Å². The molecule has 1 aromatic heterocycles. The van der Waals surface area contributed by atoms with E-state index in [9.17, 15) is 4.79 Å². The smallest absolute Gasteiger partial charge is 0.251 e. The monoisotopic (exact) mass is 295 g/mol. The van der Waals surface area contributed by atoms with Crippen LogP contribution in [0.3, 0.4) is 0 Å². The summed E-state index contributed by atoms with van der Waals surface area (Å²) in [5.74, 6) is -0.00948. The van der Waals surface area contributed by atoms with Crippen LogP contribution in [0.4, 0.5) is 0 Å². The highest BCUT2D eigenvalue weighted by Crippen LogP contribution is 2.22. The standard InChI is InChI=1S/C18H21N3O/c1-13(10-17-12-19-8-9-20-17)21-18(22)16-7-6-14-4-2-3-5-15(14)11-16/h6-9,11-13H,2-5,10H2,1H3,(H,21,22). The lowest BCUT2D eigenvalue weighted by molar-refractivity contribution is 0.0940. The van der Waals surface area contributed by atoms with Crippen LogP contribution >= 0.6 is 0 Å². The number of fused-ring (bicyclic) bond motifs is 1. The van der Waals surface area contributed by atoms with Crippen molar-refractivity contribution in [2.24, 2.45) is 0 Å². The van der Waals surface area contributed by atoms with Gasteiger partial charge in [0.05, 0.1) is 5.69 Å². The lowest BCUT2D eigenvalue weighted by Crippen LogP contribution is -2.34. The summed E-state index contributed by atoms with van der Waals surface area (Å²) in [5.41, 5.74) is 4.38. The maximum atomic E-state index is 12.4. The Morgan fingerprint density at radius 2 is 2.05 bits per heavy atom. The molecule has 3 rings (SSSR count). The summed E-state index contributed by atoms with van der Waals surface area (Å²) in [5, 5.41) is 3.04. The predicted molar refractivity (Wildman–Crippen MR) is 85.7 cm³/mol. The zero-order valence-corrected chi connectivity index (χ0v) is 12.9. The second-order valence-electron chi connectivity index (χ2n) is 5.97. The third-order valence-corrected chi connectivity index (χ3v) is 4.12. The Morgan fingerprint density at radius 1 is 1.23 bits per heavy atom. The van der Waals surface area contributed by atoms with E-state index in [0.717, 1.165) is 24.1 Å². The molecule has 0 spiro atoms. The lowest BCUT2D eigenvalue weighted by Gasteiger charge is -2.18. The minimum absolute atomic E-state index is 0.00948. The highest BCUT2D eigenvalue weighted by molar-refractivity contribution is 5.94. The normalized spacial score (nSPS) is 15.0. The number of nitrogens with zero attached hydrogens (tertiary/aromatic N) is 2. The van der Waals surface area contributed by atoms with Gasteiger partial charge in [0.1, 0.15) is 0 Å². The molecule has 4 nitrogen and oxygen atoms in total. The average molecular weight is 295 g/mol. The maximum absolute atomic E-state index is 12.4. The topological polar surface area (TPSA) is 54.9 Å². The van der Waals surface area contributed by atoms with Crippen LogP contribution < -0.4 is 5.32 Å². The molecule has 0 aliphatic heterocycles. The third kappa shape index (κ3) is 3.50. The molecule has 2 aromatic rings. The predicted octanol–water partition coefficient (Wildman–Crippen LogP) is 2.72. The van der Waals surface area contributed by atoms with Crippen molar-refractivity contribution in [2.45, 2.75) is 45.1 Å². The van der Waals surface area contributed by atoms with Gasteiger partial charge >= 0.3 is 0 Å². The molecule has 114 valence electrons. The molecule has 1 N–H and O–H groups in total. The van der Waals surface area contributed by atoms with Crippen LogP contribution in [0.25, 0.3) is 0 Å². The summed E-state index contributed by atoms with van der Waals surface area (Å²) in [6.45, 7) is 1.99. The van der Waals surface area contributed by atoms with Gasteiger partial charge in [-0.25, -0.2) is 0 Å². The third-order valence-electron chi connectivity index (χ3n) is 4.12. The first-order valence-electron chi connectivity index (χ1n) is 7.90. The Morgan fingerprint density at radius 3 is 2.82 bits per heavy atom. The Labute approximate surface area is 131 Å². The Hall–Kier alpha value is -2.23. The van der Waals surface area contributed by atoms with Crippen LogP contribution in [0.1, 0.15) is 46.9 Å². The van der Waals surface area contributed by atoms with Crippen LogP contribution in [0, 0.1) is 0 Å². The SMILES string of the molecule is CC(Cc1cnccn1)NC(=O)c1ccc2c(c1)CCCC2. The van der Waals surface area contributed by atoms with Crippen LogP contribution in [0.2, 0.25) is 0 Å². The number of carbonyl (C=O) groups excluding carboxylic acids is 1. The fourth-order valence-electron chi connectivity index (χ4n) is 2.98. The van der Waals surface area contributed by atoms with Gasteiger partial charge in [-0.05, 0) is 55.9 Å². The summed E-state index contributed by atoms with van der Waals surface area (Å²) >= 11 is 0. The van der Waals surface area contributed by atoms with Crippen molar-refractivity contribution < 1.29 is 4.79 Å². The fourth-order valence-corrected chi connectivity index (χ4v) is 2.98. The van der Waals surface area contributed by atoms with Crippen molar-refractivity contribution in [3.63, 3.8) is 0 Å². The van der Waals surface area contributed by atoms with E-state index in [2.05, 4.69) is 27.4 Å². The molecule has 1 atom stereocenters. The number of hydrogen-bond acceptors (Lipinski definition) is 3. The first-order valence-corrected chi connectivity index (χ1v) is 7.90. The number of aryl methyl sites for hydroxylation is 2. The highest BCUT2D eigenvalue weighted by Gasteiger charge is 2.14.